The van der Waals surface area contributed by atoms with Crippen LogP contribution in [0.15, 0.2) is 66.9 Å². The number of aryl methyl sites for hydroxylation is 1. The summed E-state index contributed by atoms with van der Waals surface area (Å²) >= 11 is 0. The van der Waals surface area contributed by atoms with Crippen LogP contribution in [-0.4, -0.2) is 16.1 Å². The van der Waals surface area contributed by atoms with Gasteiger partial charge in [0.15, 0.2) is 11.5 Å². The van der Waals surface area contributed by atoms with E-state index in [1.165, 1.54) is 6.07 Å². The molecule has 0 radical (unpaired) electrons. The van der Waals surface area contributed by atoms with Crippen molar-refractivity contribution in [3.05, 3.63) is 83.6 Å². The van der Waals surface area contributed by atoms with Crippen LogP contribution < -0.4 is 4.74 Å². The Morgan fingerprint density at radius 3 is 2.63 bits per heavy atom. The number of pyridine rings is 1. The number of phenolic OH excluding ortho intramolecular Hbond substituents is 1. The predicted octanol–water partition coefficient (Wildman–Crippen LogP) is 5.45. The average molecular weight is 359 g/mol. The zero-order valence-electron chi connectivity index (χ0n) is 15.6. The van der Waals surface area contributed by atoms with Crippen molar-refractivity contribution >= 4 is 22.4 Å². The van der Waals surface area contributed by atoms with Crippen LogP contribution in [0.4, 0.5) is 0 Å². The molecule has 27 heavy (non-hydrogen) atoms. The van der Waals surface area contributed by atoms with E-state index < -0.39 is 5.97 Å². The van der Waals surface area contributed by atoms with Gasteiger partial charge < -0.3 is 9.84 Å². The lowest BCUT2D eigenvalue weighted by molar-refractivity contribution is 0.0731. The minimum atomic E-state index is -0.550. The highest BCUT2D eigenvalue weighted by Crippen LogP contribution is 2.29. The van der Waals surface area contributed by atoms with Gasteiger partial charge in [0.25, 0.3) is 0 Å². The van der Waals surface area contributed by atoms with Gasteiger partial charge in [-0.1, -0.05) is 42.5 Å². The van der Waals surface area contributed by atoms with Gasteiger partial charge in [-0.15, -0.1) is 0 Å². The second kappa shape index (κ2) is 7.46. The Labute approximate surface area is 158 Å². The number of hydrogen-bond donors (Lipinski definition) is 1. The summed E-state index contributed by atoms with van der Waals surface area (Å²) in [6, 6.07) is 12.2. The number of hydrogen-bond acceptors (Lipinski definition) is 4. The highest BCUT2D eigenvalue weighted by atomic mass is 16.5. The molecule has 136 valence electrons. The standard InChI is InChI=1S/C23H21NO3/c1-5-18(14(2)3)17-12-16-11-10-15(4)21(22(16)24-13-17)23(26)27-20-9-7-6-8-19(20)25/h5-13,25H,2H2,1,3-4H3/b18-5+. The molecule has 3 rings (SSSR count). The zero-order chi connectivity index (χ0) is 19.6. The molecule has 1 N–H and O–H groups in total. The van der Waals surface area contributed by atoms with E-state index in [4.69, 9.17) is 4.74 Å². The van der Waals surface area contributed by atoms with Crippen molar-refractivity contribution in [3.8, 4) is 11.5 Å². The van der Waals surface area contributed by atoms with Crippen molar-refractivity contribution in [1.29, 1.82) is 0 Å². The summed E-state index contributed by atoms with van der Waals surface area (Å²) in [6.07, 6.45) is 3.73. The molecule has 0 bridgehead atoms. The van der Waals surface area contributed by atoms with Crippen LogP contribution in [0.25, 0.3) is 16.5 Å². The number of phenols is 1. The van der Waals surface area contributed by atoms with Gasteiger partial charge >= 0.3 is 5.97 Å². The maximum absolute atomic E-state index is 12.8. The van der Waals surface area contributed by atoms with Crippen LogP contribution in [0.1, 0.15) is 35.3 Å². The molecule has 0 saturated carbocycles. The lowest BCUT2D eigenvalue weighted by atomic mass is 9.98. The van der Waals surface area contributed by atoms with Gasteiger partial charge in [-0.05, 0) is 50.1 Å². The van der Waals surface area contributed by atoms with Gasteiger partial charge in [0.2, 0.25) is 0 Å². The largest absolute Gasteiger partial charge is 0.504 e. The molecule has 0 aliphatic heterocycles. The molecule has 0 aliphatic rings. The van der Waals surface area contributed by atoms with E-state index in [-0.39, 0.29) is 11.5 Å². The van der Waals surface area contributed by atoms with E-state index in [1.807, 2.05) is 45.0 Å². The number of para-hydroxylation sites is 2. The minimum Gasteiger partial charge on any atom is -0.504 e. The predicted molar refractivity (Wildman–Crippen MR) is 108 cm³/mol. The van der Waals surface area contributed by atoms with Crippen LogP contribution in [0.2, 0.25) is 0 Å². The van der Waals surface area contributed by atoms with Crippen molar-refractivity contribution in [2.24, 2.45) is 0 Å². The molecule has 0 saturated heterocycles. The van der Waals surface area contributed by atoms with Crippen LogP contribution in [0.5, 0.6) is 11.5 Å². The highest BCUT2D eigenvalue weighted by Gasteiger charge is 2.18. The molecule has 3 aromatic rings. The van der Waals surface area contributed by atoms with Crippen LogP contribution in [0.3, 0.4) is 0 Å². The molecule has 0 fully saturated rings. The topological polar surface area (TPSA) is 59.4 Å². The molecule has 1 heterocycles. The van der Waals surface area contributed by atoms with Crippen LogP contribution >= 0.6 is 0 Å². The summed E-state index contributed by atoms with van der Waals surface area (Å²) in [6.45, 7) is 9.74. The third-order valence-corrected chi connectivity index (χ3v) is 4.39. The monoisotopic (exact) mass is 359 g/mol. The van der Waals surface area contributed by atoms with E-state index in [0.717, 1.165) is 27.7 Å². The number of carbonyl (C=O) groups is 1. The molecular formula is C23H21NO3. The third-order valence-electron chi connectivity index (χ3n) is 4.39. The van der Waals surface area contributed by atoms with Gasteiger partial charge in [0, 0.05) is 17.1 Å². The maximum Gasteiger partial charge on any atom is 0.346 e. The molecule has 1 aromatic heterocycles. The smallest absolute Gasteiger partial charge is 0.346 e. The van der Waals surface area contributed by atoms with Crippen molar-refractivity contribution < 1.29 is 14.6 Å². The fourth-order valence-electron chi connectivity index (χ4n) is 3.06. The third kappa shape index (κ3) is 3.60. The Kier molecular flexibility index (Phi) is 5.08. The molecule has 4 nitrogen and oxygen atoms in total. The average Bonchev–Trinajstić information content (AvgIpc) is 2.63. The van der Waals surface area contributed by atoms with Gasteiger partial charge in [0.05, 0.1) is 11.1 Å². The van der Waals surface area contributed by atoms with Gasteiger partial charge in [-0.3, -0.25) is 4.98 Å². The Morgan fingerprint density at radius 1 is 1.22 bits per heavy atom. The highest BCUT2D eigenvalue weighted by molar-refractivity contribution is 6.05. The summed E-state index contributed by atoms with van der Waals surface area (Å²) < 4.78 is 5.40. The maximum atomic E-state index is 12.8. The second-order valence-electron chi connectivity index (χ2n) is 6.39. The van der Waals surface area contributed by atoms with Crippen molar-refractivity contribution in [1.82, 2.24) is 4.98 Å². The van der Waals surface area contributed by atoms with Crippen molar-refractivity contribution in [2.45, 2.75) is 20.8 Å². The summed E-state index contributed by atoms with van der Waals surface area (Å²) in [5.74, 6) is -0.516. The summed E-state index contributed by atoms with van der Waals surface area (Å²) in [5, 5.41) is 10.7. The molecule has 0 spiro atoms. The number of ether oxygens (including phenoxy) is 1. The van der Waals surface area contributed by atoms with E-state index in [1.54, 1.807) is 24.4 Å². The first-order valence-corrected chi connectivity index (χ1v) is 8.64. The Morgan fingerprint density at radius 2 is 1.96 bits per heavy atom. The molecule has 0 atom stereocenters. The second-order valence-corrected chi connectivity index (χ2v) is 6.39. The summed E-state index contributed by atoms with van der Waals surface area (Å²) in [4.78, 5) is 17.3. The molecule has 4 heteroatoms. The number of rotatable bonds is 4. The lowest BCUT2D eigenvalue weighted by Crippen LogP contribution is -2.12. The normalized spacial score (nSPS) is 11.4. The van der Waals surface area contributed by atoms with Crippen LogP contribution in [-0.2, 0) is 0 Å². The van der Waals surface area contributed by atoms with Gasteiger partial charge in [0.1, 0.15) is 0 Å². The summed E-state index contributed by atoms with van der Waals surface area (Å²) in [7, 11) is 0. The fraction of sp³-hybridized carbons (Fsp3) is 0.130. The van der Waals surface area contributed by atoms with E-state index in [0.29, 0.717) is 11.1 Å². The molecule has 0 unspecified atom stereocenters. The number of allylic oxidation sites excluding steroid dienone is 3. The van der Waals surface area contributed by atoms with E-state index in [2.05, 4.69) is 11.6 Å². The first-order valence-electron chi connectivity index (χ1n) is 8.64. The first kappa shape index (κ1) is 18.4. The molecular weight excluding hydrogens is 338 g/mol. The van der Waals surface area contributed by atoms with Gasteiger partial charge in [-0.2, -0.15) is 0 Å². The number of aromatic nitrogens is 1. The number of nitrogens with zero attached hydrogens (tertiary/aromatic N) is 1. The molecule has 2 aromatic carbocycles. The van der Waals surface area contributed by atoms with Gasteiger partial charge in [-0.25, -0.2) is 4.79 Å². The first-order chi connectivity index (χ1) is 12.9. The molecule has 0 amide bonds. The molecule has 0 aliphatic carbocycles. The number of fused-ring (bicyclic) bond motifs is 1. The Balaban J connectivity index is 2.08. The fourth-order valence-corrected chi connectivity index (χ4v) is 3.06. The summed E-state index contributed by atoms with van der Waals surface area (Å²) in [5.41, 5.74) is 4.62. The van der Waals surface area contributed by atoms with E-state index >= 15 is 0 Å². The Hall–Kier alpha value is -3.40. The number of aromatic hydroxyl groups is 1. The van der Waals surface area contributed by atoms with E-state index in [9.17, 15) is 9.90 Å². The number of benzene rings is 2. The SMILES string of the molecule is C=C(C)/C(=C\C)c1cnc2c(C(=O)Oc3ccccc3O)c(C)ccc2c1. The Bertz CT molecular complexity index is 1080. The zero-order valence-corrected chi connectivity index (χ0v) is 15.6. The quantitative estimate of drug-likeness (QED) is 0.382. The number of esters is 1. The van der Waals surface area contributed by atoms with Crippen molar-refractivity contribution in [2.75, 3.05) is 0 Å². The minimum absolute atomic E-state index is 0.0850. The van der Waals surface area contributed by atoms with Crippen LogP contribution in [0, 0.1) is 6.92 Å². The number of carbonyl (C=O) groups excluding carboxylic acids is 1. The lowest BCUT2D eigenvalue weighted by Gasteiger charge is -2.12. The van der Waals surface area contributed by atoms with Crippen molar-refractivity contribution in [3.63, 3.8) is 0 Å².